The molecule has 0 bridgehead atoms. The summed E-state index contributed by atoms with van der Waals surface area (Å²) in [6.45, 7) is 1.90. The van der Waals surface area contributed by atoms with Gasteiger partial charge < -0.3 is 11.1 Å². The van der Waals surface area contributed by atoms with Crippen molar-refractivity contribution >= 4 is 44.8 Å². The van der Waals surface area contributed by atoms with Gasteiger partial charge >= 0.3 is 0 Å². The van der Waals surface area contributed by atoms with Gasteiger partial charge in [-0.3, -0.25) is 4.79 Å². The Kier molecular flexibility index (Phi) is 4.12. The highest BCUT2D eigenvalue weighted by Crippen LogP contribution is 2.23. The Balaban J connectivity index is 2.25. The van der Waals surface area contributed by atoms with E-state index in [1.807, 2.05) is 13.0 Å². The van der Waals surface area contributed by atoms with Gasteiger partial charge in [0.2, 0.25) is 0 Å². The molecule has 1 amide bonds. The van der Waals surface area contributed by atoms with Crippen LogP contribution in [0.25, 0.3) is 0 Å². The van der Waals surface area contributed by atoms with E-state index in [1.54, 1.807) is 30.3 Å². The Morgan fingerprint density at radius 3 is 2.68 bits per heavy atom. The first kappa shape index (κ1) is 13.9. The molecule has 2 aromatic rings. The minimum Gasteiger partial charge on any atom is -0.398 e. The Hall–Kier alpha value is -1.52. The average Bonchev–Trinajstić information content (AvgIpc) is 2.37. The van der Waals surface area contributed by atoms with Gasteiger partial charge in [-0.2, -0.15) is 0 Å². The second kappa shape index (κ2) is 5.63. The molecule has 0 aromatic heterocycles. The van der Waals surface area contributed by atoms with Gasteiger partial charge in [0.15, 0.2) is 0 Å². The summed E-state index contributed by atoms with van der Waals surface area (Å²) >= 11 is 9.21. The summed E-state index contributed by atoms with van der Waals surface area (Å²) in [7, 11) is 0. The Labute approximate surface area is 124 Å². The zero-order chi connectivity index (χ0) is 14.0. The van der Waals surface area contributed by atoms with E-state index < -0.39 is 0 Å². The van der Waals surface area contributed by atoms with Crippen LogP contribution >= 0.6 is 27.5 Å². The van der Waals surface area contributed by atoms with Crippen LogP contribution in [0, 0.1) is 6.92 Å². The van der Waals surface area contributed by atoms with Crippen molar-refractivity contribution in [3.8, 4) is 0 Å². The molecule has 5 heteroatoms. The summed E-state index contributed by atoms with van der Waals surface area (Å²) in [5, 5.41) is 3.40. The maximum atomic E-state index is 12.1. The highest BCUT2D eigenvalue weighted by atomic mass is 79.9. The largest absolute Gasteiger partial charge is 0.398 e. The van der Waals surface area contributed by atoms with E-state index in [4.69, 9.17) is 17.3 Å². The van der Waals surface area contributed by atoms with Crippen LogP contribution in [0.2, 0.25) is 5.02 Å². The predicted octanol–water partition coefficient (Wildman–Crippen LogP) is 4.25. The van der Waals surface area contributed by atoms with Crippen LogP contribution in [0.3, 0.4) is 0 Å². The van der Waals surface area contributed by atoms with E-state index in [-0.39, 0.29) is 5.91 Å². The van der Waals surface area contributed by atoms with Crippen molar-refractivity contribution in [3.63, 3.8) is 0 Å². The maximum Gasteiger partial charge on any atom is 0.255 e. The summed E-state index contributed by atoms with van der Waals surface area (Å²) in [6.07, 6.45) is 0. The molecule has 19 heavy (non-hydrogen) atoms. The predicted molar refractivity (Wildman–Crippen MR) is 82.7 cm³/mol. The molecule has 0 unspecified atom stereocenters. The number of nitrogens with one attached hydrogen (secondary N) is 1. The van der Waals surface area contributed by atoms with Crippen molar-refractivity contribution in [1.29, 1.82) is 0 Å². The lowest BCUT2D eigenvalue weighted by Gasteiger charge is -2.09. The first-order valence-corrected chi connectivity index (χ1v) is 6.77. The third-order valence-corrected chi connectivity index (χ3v) is 3.66. The Morgan fingerprint density at radius 2 is 2.00 bits per heavy atom. The van der Waals surface area contributed by atoms with Crippen molar-refractivity contribution in [3.05, 3.63) is 57.0 Å². The molecule has 0 atom stereocenters. The summed E-state index contributed by atoms with van der Waals surface area (Å²) < 4.78 is 0.767. The third-order valence-electron chi connectivity index (χ3n) is 2.71. The number of hydrogen-bond acceptors (Lipinski definition) is 2. The normalized spacial score (nSPS) is 10.3. The van der Waals surface area contributed by atoms with Crippen LogP contribution in [0.15, 0.2) is 40.9 Å². The summed E-state index contributed by atoms with van der Waals surface area (Å²) in [4.78, 5) is 12.1. The van der Waals surface area contributed by atoms with Gasteiger partial charge in [0.25, 0.3) is 5.91 Å². The number of hydrogen-bond donors (Lipinski definition) is 2. The highest BCUT2D eigenvalue weighted by Gasteiger charge is 2.09. The number of benzene rings is 2. The first-order chi connectivity index (χ1) is 8.97. The summed E-state index contributed by atoms with van der Waals surface area (Å²) in [6, 6.07) is 10.4. The van der Waals surface area contributed by atoms with E-state index in [0.29, 0.717) is 22.0 Å². The fourth-order valence-electron chi connectivity index (χ4n) is 1.61. The van der Waals surface area contributed by atoms with Crippen molar-refractivity contribution in [1.82, 2.24) is 0 Å². The third kappa shape index (κ3) is 3.28. The van der Waals surface area contributed by atoms with Gasteiger partial charge in [0.05, 0.1) is 0 Å². The number of carbonyl (C=O) groups excluding carboxylic acids is 1. The van der Waals surface area contributed by atoms with Crippen LogP contribution in [-0.2, 0) is 0 Å². The van der Waals surface area contributed by atoms with E-state index in [2.05, 4.69) is 21.2 Å². The van der Waals surface area contributed by atoms with Crippen molar-refractivity contribution in [2.45, 2.75) is 6.92 Å². The van der Waals surface area contributed by atoms with E-state index in [0.717, 1.165) is 10.0 Å². The maximum absolute atomic E-state index is 12.1. The van der Waals surface area contributed by atoms with Gasteiger partial charge in [-0.15, -0.1) is 0 Å². The molecule has 0 aliphatic rings. The van der Waals surface area contributed by atoms with Gasteiger partial charge in [-0.1, -0.05) is 17.7 Å². The molecule has 0 fully saturated rings. The monoisotopic (exact) mass is 338 g/mol. The molecule has 2 rings (SSSR count). The second-order valence-electron chi connectivity index (χ2n) is 4.15. The Morgan fingerprint density at radius 1 is 1.26 bits per heavy atom. The fourth-order valence-corrected chi connectivity index (χ4v) is 2.03. The van der Waals surface area contributed by atoms with E-state index in [1.165, 1.54) is 0 Å². The van der Waals surface area contributed by atoms with Crippen molar-refractivity contribution in [2.75, 3.05) is 11.1 Å². The lowest BCUT2D eigenvalue weighted by atomic mass is 10.1. The number of nitrogen functional groups attached to an aromatic ring is 1. The molecule has 3 nitrogen and oxygen atoms in total. The van der Waals surface area contributed by atoms with Crippen molar-refractivity contribution in [2.24, 2.45) is 0 Å². The summed E-state index contributed by atoms with van der Waals surface area (Å²) in [5.74, 6) is -0.218. The number of nitrogens with two attached hydrogens (primary N) is 1. The zero-order valence-electron chi connectivity index (χ0n) is 10.2. The first-order valence-electron chi connectivity index (χ1n) is 5.60. The standard InChI is InChI=1S/C14H12BrClN2O/c1-8-2-4-10(16)7-13(8)18-14(19)9-3-5-11(15)12(17)6-9/h2-7H,17H2,1H3,(H,18,19). The quantitative estimate of drug-likeness (QED) is 0.804. The number of amides is 1. The molecule has 3 N–H and O–H groups in total. The van der Waals surface area contributed by atoms with Crippen LogP contribution < -0.4 is 11.1 Å². The zero-order valence-corrected chi connectivity index (χ0v) is 12.5. The second-order valence-corrected chi connectivity index (χ2v) is 5.44. The average molecular weight is 340 g/mol. The molecule has 0 aliphatic heterocycles. The highest BCUT2D eigenvalue weighted by molar-refractivity contribution is 9.10. The lowest BCUT2D eigenvalue weighted by Crippen LogP contribution is -2.13. The number of halogens is 2. The van der Waals surface area contributed by atoms with Gasteiger partial charge in [0, 0.05) is 26.4 Å². The molecular formula is C14H12BrClN2O. The molecular weight excluding hydrogens is 328 g/mol. The van der Waals surface area contributed by atoms with Crippen LogP contribution in [0.5, 0.6) is 0 Å². The Bertz CT molecular complexity index is 643. The van der Waals surface area contributed by atoms with Crippen LogP contribution in [0.1, 0.15) is 15.9 Å². The lowest BCUT2D eigenvalue weighted by molar-refractivity contribution is 0.102. The molecule has 0 spiro atoms. The molecule has 0 heterocycles. The molecule has 0 saturated heterocycles. The molecule has 98 valence electrons. The van der Waals surface area contributed by atoms with Crippen molar-refractivity contribution < 1.29 is 4.79 Å². The molecule has 0 radical (unpaired) electrons. The SMILES string of the molecule is Cc1ccc(Cl)cc1NC(=O)c1ccc(Br)c(N)c1. The van der Waals surface area contributed by atoms with Gasteiger partial charge in [-0.05, 0) is 58.7 Å². The van der Waals surface area contributed by atoms with E-state index in [9.17, 15) is 4.79 Å². The molecule has 2 aromatic carbocycles. The van der Waals surface area contributed by atoms with Crippen LogP contribution in [-0.4, -0.2) is 5.91 Å². The fraction of sp³-hybridized carbons (Fsp3) is 0.0714. The summed E-state index contributed by atoms with van der Waals surface area (Å²) in [5.41, 5.74) is 8.42. The number of carbonyl (C=O) groups is 1. The number of anilines is 2. The number of aryl methyl sites for hydroxylation is 1. The molecule has 0 aliphatic carbocycles. The van der Waals surface area contributed by atoms with Crippen LogP contribution in [0.4, 0.5) is 11.4 Å². The smallest absolute Gasteiger partial charge is 0.255 e. The van der Waals surface area contributed by atoms with Gasteiger partial charge in [0.1, 0.15) is 0 Å². The number of rotatable bonds is 2. The topological polar surface area (TPSA) is 55.1 Å². The van der Waals surface area contributed by atoms with Gasteiger partial charge in [-0.25, -0.2) is 0 Å². The molecule has 0 saturated carbocycles. The van der Waals surface area contributed by atoms with E-state index >= 15 is 0 Å². The minimum atomic E-state index is -0.218. The minimum absolute atomic E-state index is 0.218.